The lowest BCUT2D eigenvalue weighted by Crippen LogP contribution is -2.22. The third-order valence-corrected chi connectivity index (χ3v) is 3.58. The van der Waals surface area contributed by atoms with Crippen molar-refractivity contribution in [1.29, 1.82) is 0 Å². The minimum absolute atomic E-state index is 0.179. The summed E-state index contributed by atoms with van der Waals surface area (Å²) in [5.74, 6) is -0.983. The van der Waals surface area contributed by atoms with Gasteiger partial charge in [-0.3, -0.25) is 0 Å². The van der Waals surface area contributed by atoms with Crippen LogP contribution in [0.15, 0.2) is 22.6 Å². The quantitative estimate of drug-likeness (QED) is 0.885. The van der Waals surface area contributed by atoms with Gasteiger partial charge in [0.1, 0.15) is 5.52 Å². The van der Waals surface area contributed by atoms with Crippen molar-refractivity contribution in [3.05, 3.63) is 23.8 Å². The van der Waals surface area contributed by atoms with Crippen LogP contribution in [-0.2, 0) is 0 Å². The van der Waals surface area contributed by atoms with Gasteiger partial charge in [-0.2, -0.15) is 4.98 Å². The van der Waals surface area contributed by atoms with Crippen LogP contribution in [0.2, 0.25) is 0 Å². The summed E-state index contributed by atoms with van der Waals surface area (Å²) < 4.78 is 5.58. The van der Waals surface area contributed by atoms with Crippen molar-refractivity contribution < 1.29 is 14.3 Å². The first-order valence-corrected chi connectivity index (χ1v) is 6.63. The molecule has 2 aromatic rings. The summed E-state index contributed by atoms with van der Waals surface area (Å²) >= 11 is 0. The first-order valence-electron chi connectivity index (χ1n) is 6.63. The number of anilines is 1. The fourth-order valence-corrected chi connectivity index (χ4v) is 2.60. The van der Waals surface area contributed by atoms with Crippen molar-refractivity contribution in [2.75, 3.05) is 5.32 Å². The zero-order valence-corrected chi connectivity index (χ0v) is 10.6. The van der Waals surface area contributed by atoms with Gasteiger partial charge in [-0.1, -0.05) is 25.3 Å². The lowest BCUT2D eigenvalue weighted by atomic mass is 9.96. The monoisotopic (exact) mass is 260 g/mol. The molecule has 1 heterocycles. The van der Waals surface area contributed by atoms with E-state index in [1.54, 1.807) is 12.1 Å². The number of nitrogens with one attached hydrogen (secondary N) is 1. The van der Waals surface area contributed by atoms with Crippen molar-refractivity contribution in [2.45, 2.75) is 38.1 Å². The van der Waals surface area contributed by atoms with Crippen LogP contribution in [0.4, 0.5) is 6.01 Å². The van der Waals surface area contributed by atoms with E-state index in [1.807, 2.05) is 0 Å². The summed E-state index contributed by atoms with van der Waals surface area (Å²) in [6.07, 6.45) is 5.96. The largest absolute Gasteiger partial charge is 0.478 e. The second-order valence-corrected chi connectivity index (χ2v) is 4.96. The van der Waals surface area contributed by atoms with Crippen LogP contribution in [0.3, 0.4) is 0 Å². The average Bonchev–Trinajstić information content (AvgIpc) is 2.81. The first kappa shape index (κ1) is 12.0. The van der Waals surface area contributed by atoms with Crippen LogP contribution in [0, 0.1) is 0 Å². The number of hydrogen-bond donors (Lipinski definition) is 2. The number of fused-ring (bicyclic) bond motifs is 1. The topological polar surface area (TPSA) is 75.4 Å². The maximum atomic E-state index is 11.1. The molecule has 5 heteroatoms. The van der Waals surface area contributed by atoms with Gasteiger partial charge in [0.05, 0.1) is 5.56 Å². The molecule has 0 radical (unpaired) electrons. The first-order chi connectivity index (χ1) is 9.24. The number of hydrogen-bond acceptors (Lipinski definition) is 4. The number of benzene rings is 1. The minimum Gasteiger partial charge on any atom is -0.478 e. The Morgan fingerprint density at radius 3 is 2.84 bits per heavy atom. The van der Waals surface area contributed by atoms with E-state index in [1.165, 1.54) is 25.3 Å². The summed E-state index contributed by atoms with van der Waals surface area (Å²) in [5.41, 5.74) is 1.10. The van der Waals surface area contributed by atoms with Crippen molar-refractivity contribution in [2.24, 2.45) is 0 Å². The molecular weight excluding hydrogens is 244 g/mol. The third-order valence-electron chi connectivity index (χ3n) is 3.58. The van der Waals surface area contributed by atoms with E-state index in [-0.39, 0.29) is 5.56 Å². The number of rotatable bonds is 3. The van der Waals surface area contributed by atoms with Crippen LogP contribution in [0.25, 0.3) is 11.1 Å². The van der Waals surface area contributed by atoms with Gasteiger partial charge in [0, 0.05) is 6.04 Å². The summed E-state index contributed by atoms with van der Waals surface area (Å²) in [7, 11) is 0. The number of carbonyl (C=O) groups is 1. The maximum absolute atomic E-state index is 11.1. The predicted molar refractivity (Wildman–Crippen MR) is 71.5 cm³/mol. The second kappa shape index (κ2) is 4.91. The molecule has 1 saturated carbocycles. The highest BCUT2D eigenvalue weighted by Gasteiger charge is 2.18. The molecule has 1 aliphatic carbocycles. The molecule has 0 amide bonds. The number of oxazole rings is 1. The molecule has 0 saturated heterocycles. The van der Waals surface area contributed by atoms with Crippen molar-refractivity contribution >= 4 is 23.1 Å². The average molecular weight is 260 g/mol. The highest BCUT2D eigenvalue weighted by Crippen LogP contribution is 2.25. The molecule has 0 spiro atoms. The van der Waals surface area contributed by atoms with Crippen LogP contribution in [-0.4, -0.2) is 22.1 Å². The standard InChI is InChI=1S/C14H16N2O3/c17-13(18)10-7-4-8-11-12(10)16-14(19-11)15-9-5-2-1-3-6-9/h4,7-9H,1-3,5-6H2,(H,15,16)(H,17,18). The molecule has 2 N–H and O–H groups in total. The lowest BCUT2D eigenvalue weighted by Gasteiger charge is -2.21. The highest BCUT2D eigenvalue weighted by molar-refractivity contribution is 6.00. The Bertz CT molecular complexity index is 600. The molecule has 0 bridgehead atoms. The van der Waals surface area contributed by atoms with Gasteiger partial charge in [0.15, 0.2) is 5.58 Å². The van der Waals surface area contributed by atoms with Gasteiger partial charge >= 0.3 is 5.97 Å². The molecule has 1 aliphatic rings. The number of para-hydroxylation sites is 1. The van der Waals surface area contributed by atoms with Crippen molar-refractivity contribution in [3.8, 4) is 0 Å². The zero-order valence-electron chi connectivity index (χ0n) is 10.6. The van der Waals surface area contributed by atoms with Crippen LogP contribution >= 0.6 is 0 Å². The van der Waals surface area contributed by atoms with E-state index < -0.39 is 5.97 Å². The summed E-state index contributed by atoms with van der Waals surface area (Å²) in [5, 5.41) is 12.4. The van der Waals surface area contributed by atoms with E-state index in [0.717, 1.165) is 12.8 Å². The number of carboxylic acid groups (broad SMARTS) is 1. The molecule has 0 aliphatic heterocycles. The van der Waals surface area contributed by atoms with E-state index in [2.05, 4.69) is 10.3 Å². The number of nitrogens with zero attached hydrogens (tertiary/aromatic N) is 1. The Labute approximate surface area is 110 Å². The molecule has 19 heavy (non-hydrogen) atoms. The Kier molecular flexibility index (Phi) is 3.11. The Balaban J connectivity index is 1.88. The molecule has 1 aromatic heterocycles. The van der Waals surface area contributed by atoms with Gasteiger partial charge in [-0.15, -0.1) is 0 Å². The molecule has 5 nitrogen and oxygen atoms in total. The van der Waals surface area contributed by atoms with Crippen molar-refractivity contribution in [3.63, 3.8) is 0 Å². The second-order valence-electron chi connectivity index (χ2n) is 4.96. The molecule has 1 fully saturated rings. The summed E-state index contributed by atoms with van der Waals surface area (Å²) in [6, 6.07) is 5.76. The SMILES string of the molecule is O=C(O)c1cccc2oc(NC3CCCCC3)nc12. The normalized spacial score (nSPS) is 16.6. The molecule has 3 rings (SSSR count). The summed E-state index contributed by atoms with van der Waals surface area (Å²) in [4.78, 5) is 15.4. The fraction of sp³-hybridized carbons (Fsp3) is 0.429. The predicted octanol–water partition coefficient (Wildman–Crippen LogP) is 3.27. The van der Waals surface area contributed by atoms with Crippen LogP contribution in [0.1, 0.15) is 42.5 Å². The van der Waals surface area contributed by atoms with Crippen molar-refractivity contribution in [1.82, 2.24) is 4.98 Å². The zero-order chi connectivity index (χ0) is 13.2. The number of aromatic carboxylic acids is 1. The lowest BCUT2D eigenvalue weighted by molar-refractivity contribution is 0.0699. The van der Waals surface area contributed by atoms with E-state index in [4.69, 9.17) is 9.52 Å². The van der Waals surface area contributed by atoms with Crippen LogP contribution < -0.4 is 5.32 Å². The van der Waals surface area contributed by atoms with Crippen LogP contribution in [0.5, 0.6) is 0 Å². The Hall–Kier alpha value is -2.04. The Morgan fingerprint density at radius 2 is 2.11 bits per heavy atom. The molecule has 100 valence electrons. The highest BCUT2D eigenvalue weighted by atomic mass is 16.4. The summed E-state index contributed by atoms with van der Waals surface area (Å²) in [6.45, 7) is 0. The van der Waals surface area contributed by atoms with Gasteiger partial charge in [-0.05, 0) is 25.0 Å². The van der Waals surface area contributed by atoms with Gasteiger partial charge in [0.2, 0.25) is 0 Å². The van der Waals surface area contributed by atoms with E-state index in [0.29, 0.717) is 23.2 Å². The Morgan fingerprint density at radius 1 is 1.32 bits per heavy atom. The van der Waals surface area contributed by atoms with E-state index in [9.17, 15) is 4.79 Å². The van der Waals surface area contributed by atoms with Gasteiger partial charge in [0.25, 0.3) is 6.01 Å². The molecule has 1 aromatic carbocycles. The molecule has 0 unspecified atom stereocenters. The molecular formula is C14H16N2O3. The molecule has 0 atom stereocenters. The fourth-order valence-electron chi connectivity index (χ4n) is 2.60. The number of carboxylic acids is 1. The minimum atomic E-state index is -0.983. The third kappa shape index (κ3) is 2.41. The smallest absolute Gasteiger partial charge is 0.338 e. The van der Waals surface area contributed by atoms with Gasteiger partial charge < -0.3 is 14.8 Å². The maximum Gasteiger partial charge on any atom is 0.338 e. The van der Waals surface area contributed by atoms with Gasteiger partial charge in [-0.25, -0.2) is 4.79 Å². The number of aromatic nitrogens is 1. The van der Waals surface area contributed by atoms with E-state index >= 15 is 0 Å².